The molecule has 0 spiro atoms. The second-order valence-corrected chi connectivity index (χ2v) is 3.57. The summed E-state index contributed by atoms with van der Waals surface area (Å²) >= 11 is 9.19. The van der Waals surface area contributed by atoms with Gasteiger partial charge in [0.15, 0.2) is 5.15 Å². The second kappa shape index (κ2) is 2.71. The highest BCUT2D eigenvalue weighted by Gasteiger charge is 2.06. The van der Waals surface area contributed by atoms with Gasteiger partial charge in [-0.05, 0) is 22.9 Å². The van der Waals surface area contributed by atoms with Crippen molar-refractivity contribution in [1.29, 1.82) is 0 Å². The van der Waals surface area contributed by atoms with Gasteiger partial charge >= 0.3 is 0 Å². The highest BCUT2D eigenvalue weighted by atomic mass is 79.9. The van der Waals surface area contributed by atoms with Gasteiger partial charge in [0, 0.05) is 6.20 Å². The molecule has 2 aromatic rings. The quantitative estimate of drug-likeness (QED) is 0.715. The van der Waals surface area contributed by atoms with E-state index in [1.165, 1.54) is 0 Å². The highest BCUT2D eigenvalue weighted by Crippen LogP contribution is 2.22. The number of fused-ring (bicyclic) bond motifs is 1. The standard InChI is InChI=1S/C7H5BrClN3/c1-4-2-12-3-10-6(8)5(12)7(9)11-4/h2-3H,1H3. The predicted molar refractivity (Wildman–Crippen MR) is 50.4 cm³/mol. The molecule has 12 heavy (non-hydrogen) atoms. The smallest absolute Gasteiger partial charge is 0.156 e. The van der Waals surface area contributed by atoms with Crippen LogP contribution < -0.4 is 0 Å². The van der Waals surface area contributed by atoms with E-state index in [0.29, 0.717) is 5.15 Å². The average Bonchev–Trinajstić information content (AvgIpc) is 2.31. The summed E-state index contributed by atoms with van der Waals surface area (Å²) in [6.07, 6.45) is 3.57. The van der Waals surface area contributed by atoms with E-state index in [2.05, 4.69) is 25.9 Å². The second-order valence-electron chi connectivity index (χ2n) is 2.46. The molecule has 62 valence electrons. The molecular formula is C7H5BrClN3. The first-order valence-corrected chi connectivity index (χ1v) is 4.51. The van der Waals surface area contributed by atoms with Crippen molar-refractivity contribution in [2.45, 2.75) is 6.92 Å². The van der Waals surface area contributed by atoms with Crippen LogP contribution in [0.5, 0.6) is 0 Å². The van der Waals surface area contributed by atoms with Gasteiger partial charge in [-0.2, -0.15) is 0 Å². The topological polar surface area (TPSA) is 30.2 Å². The number of hydrogen-bond donors (Lipinski definition) is 0. The van der Waals surface area contributed by atoms with E-state index >= 15 is 0 Å². The molecule has 0 N–H and O–H groups in total. The first-order valence-electron chi connectivity index (χ1n) is 3.34. The lowest BCUT2D eigenvalue weighted by molar-refractivity contribution is 1.07. The van der Waals surface area contributed by atoms with Crippen molar-refractivity contribution in [3.05, 3.63) is 28.0 Å². The first kappa shape index (κ1) is 8.01. The van der Waals surface area contributed by atoms with E-state index in [1.807, 2.05) is 17.5 Å². The fraction of sp³-hybridized carbons (Fsp3) is 0.143. The summed E-state index contributed by atoms with van der Waals surface area (Å²) in [6, 6.07) is 0. The fourth-order valence-corrected chi connectivity index (χ4v) is 1.98. The van der Waals surface area contributed by atoms with Crippen molar-refractivity contribution >= 4 is 33.0 Å². The maximum Gasteiger partial charge on any atom is 0.156 e. The summed E-state index contributed by atoms with van der Waals surface area (Å²) in [4.78, 5) is 8.16. The molecule has 0 saturated carbocycles. The number of halogens is 2. The zero-order chi connectivity index (χ0) is 8.72. The van der Waals surface area contributed by atoms with Crippen molar-refractivity contribution in [2.24, 2.45) is 0 Å². The van der Waals surface area contributed by atoms with E-state index in [1.54, 1.807) is 6.33 Å². The number of imidazole rings is 1. The molecule has 0 atom stereocenters. The number of rotatable bonds is 0. The van der Waals surface area contributed by atoms with Crippen molar-refractivity contribution in [3.8, 4) is 0 Å². The Bertz CT molecular complexity index is 437. The van der Waals surface area contributed by atoms with Gasteiger partial charge in [-0.3, -0.25) is 0 Å². The molecule has 0 aliphatic heterocycles. The van der Waals surface area contributed by atoms with Crippen molar-refractivity contribution in [3.63, 3.8) is 0 Å². The van der Waals surface area contributed by atoms with Gasteiger partial charge in [-0.15, -0.1) is 0 Å². The number of hydrogen-bond acceptors (Lipinski definition) is 2. The predicted octanol–water partition coefficient (Wildman–Crippen LogP) is 2.45. The van der Waals surface area contributed by atoms with Gasteiger partial charge < -0.3 is 4.40 Å². The Morgan fingerprint density at radius 2 is 2.33 bits per heavy atom. The van der Waals surface area contributed by atoms with Gasteiger partial charge in [0.25, 0.3) is 0 Å². The van der Waals surface area contributed by atoms with E-state index < -0.39 is 0 Å². The lowest BCUT2D eigenvalue weighted by Gasteiger charge is -1.97. The summed E-state index contributed by atoms with van der Waals surface area (Å²) in [7, 11) is 0. The Balaban J connectivity index is 2.93. The molecule has 0 saturated heterocycles. The minimum atomic E-state index is 0.472. The number of nitrogens with zero attached hydrogens (tertiary/aromatic N) is 3. The summed E-state index contributed by atoms with van der Waals surface area (Å²) in [6.45, 7) is 1.89. The van der Waals surface area contributed by atoms with E-state index in [4.69, 9.17) is 11.6 Å². The molecule has 2 aromatic heterocycles. The van der Waals surface area contributed by atoms with E-state index in [0.717, 1.165) is 15.8 Å². The Hall–Kier alpha value is -0.610. The lowest BCUT2D eigenvalue weighted by atomic mass is 10.5. The molecule has 0 aromatic carbocycles. The molecule has 0 aliphatic rings. The monoisotopic (exact) mass is 245 g/mol. The summed E-state index contributed by atoms with van der Waals surface area (Å²) in [5.41, 5.74) is 1.68. The lowest BCUT2D eigenvalue weighted by Crippen LogP contribution is -1.89. The maximum atomic E-state index is 5.91. The van der Waals surface area contributed by atoms with Gasteiger partial charge in [0.1, 0.15) is 16.4 Å². The summed E-state index contributed by atoms with van der Waals surface area (Å²) in [5, 5.41) is 0.472. The molecule has 0 unspecified atom stereocenters. The highest BCUT2D eigenvalue weighted by molar-refractivity contribution is 9.10. The van der Waals surface area contributed by atoms with Crippen LogP contribution in [0.2, 0.25) is 5.15 Å². The van der Waals surface area contributed by atoms with E-state index in [-0.39, 0.29) is 0 Å². The molecule has 0 aliphatic carbocycles. The maximum absolute atomic E-state index is 5.91. The number of aryl methyl sites for hydroxylation is 1. The van der Waals surface area contributed by atoms with Gasteiger partial charge in [0.2, 0.25) is 0 Å². The summed E-state index contributed by atoms with van der Waals surface area (Å²) < 4.78 is 2.56. The Labute approximate surface area is 82.5 Å². The molecule has 0 radical (unpaired) electrons. The molecule has 2 heterocycles. The van der Waals surface area contributed by atoms with Crippen molar-refractivity contribution < 1.29 is 0 Å². The third-order valence-electron chi connectivity index (χ3n) is 1.54. The zero-order valence-corrected chi connectivity index (χ0v) is 8.59. The van der Waals surface area contributed by atoms with Crippen molar-refractivity contribution in [2.75, 3.05) is 0 Å². The fourth-order valence-electron chi connectivity index (χ4n) is 1.07. The van der Waals surface area contributed by atoms with Gasteiger partial charge in [-0.25, -0.2) is 9.97 Å². The van der Waals surface area contributed by atoms with Crippen LogP contribution in [0.25, 0.3) is 5.52 Å². The van der Waals surface area contributed by atoms with Crippen LogP contribution in [0.4, 0.5) is 0 Å². The van der Waals surface area contributed by atoms with Crippen LogP contribution in [0.1, 0.15) is 5.69 Å². The Morgan fingerprint density at radius 1 is 1.58 bits per heavy atom. The molecule has 0 bridgehead atoms. The molecular weight excluding hydrogens is 241 g/mol. The zero-order valence-electron chi connectivity index (χ0n) is 6.25. The van der Waals surface area contributed by atoms with Crippen LogP contribution >= 0.6 is 27.5 Å². The SMILES string of the molecule is Cc1cn2cnc(Br)c2c(Cl)n1. The summed E-state index contributed by atoms with van der Waals surface area (Å²) in [5.74, 6) is 0. The minimum absolute atomic E-state index is 0.472. The van der Waals surface area contributed by atoms with Gasteiger partial charge in [-0.1, -0.05) is 11.6 Å². The van der Waals surface area contributed by atoms with Gasteiger partial charge in [0.05, 0.1) is 5.69 Å². The molecule has 2 rings (SSSR count). The molecule has 3 nitrogen and oxygen atoms in total. The van der Waals surface area contributed by atoms with Crippen LogP contribution in [0, 0.1) is 6.92 Å². The third kappa shape index (κ3) is 1.11. The van der Waals surface area contributed by atoms with Crippen LogP contribution in [-0.4, -0.2) is 14.4 Å². The third-order valence-corrected chi connectivity index (χ3v) is 2.39. The molecule has 5 heteroatoms. The first-order chi connectivity index (χ1) is 5.68. The van der Waals surface area contributed by atoms with E-state index in [9.17, 15) is 0 Å². The van der Waals surface area contributed by atoms with Crippen LogP contribution in [0.15, 0.2) is 17.1 Å². The Kier molecular flexibility index (Phi) is 1.81. The molecule has 0 fully saturated rings. The minimum Gasteiger partial charge on any atom is -0.301 e. The molecule has 0 amide bonds. The average molecular weight is 246 g/mol. The van der Waals surface area contributed by atoms with Crippen LogP contribution in [0.3, 0.4) is 0 Å². The van der Waals surface area contributed by atoms with Crippen molar-refractivity contribution in [1.82, 2.24) is 14.4 Å². The van der Waals surface area contributed by atoms with Crippen LogP contribution in [-0.2, 0) is 0 Å². The number of aromatic nitrogens is 3. The largest absolute Gasteiger partial charge is 0.301 e. The normalized spacial score (nSPS) is 10.9. The Morgan fingerprint density at radius 3 is 3.08 bits per heavy atom.